The number of ether oxygens (including phenoxy) is 1. The van der Waals surface area contributed by atoms with Crippen LogP contribution in [-0.4, -0.2) is 28.9 Å². The van der Waals surface area contributed by atoms with E-state index in [-0.39, 0.29) is 6.61 Å². The minimum Gasteiger partial charge on any atom is -0.480 e. The van der Waals surface area contributed by atoms with Crippen molar-refractivity contribution in [1.82, 2.24) is 0 Å². The second-order valence-electron chi connectivity index (χ2n) is 4.59. The molecule has 0 fully saturated rings. The van der Waals surface area contributed by atoms with Crippen molar-refractivity contribution >= 4 is 23.7 Å². The van der Waals surface area contributed by atoms with E-state index in [1.54, 1.807) is 13.8 Å². The van der Waals surface area contributed by atoms with Crippen molar-refractivity contribution in [1.29, 1.82) is 0 Å². The zero-order chi connectivity index (χ0) is 15.3. The molecule has 5 heteroatoms. The lowest BCUT2D eigenvalue weighted by atomic mass is 10.0. The highest BCUT2D eigenvalue weighted by Gasteiger charge is 2.27. The lowest BCUT2D eigenvalue weighted by Gasteiger charge is -2.18. The average molecular weight is 296 g/mol. The second-order valence-corrected chi connectivity index (χ2v) is 6.04. The van der Waals surface area contributed by atoms with Crippen LogP contribution in [0.3, 0.4) is 0 Å². The summed E-state index contributed by atoms with van der Waals surface area (Å²) in [5.74, 6) is -1.33. The Kier molecular flexibility index (Phi) is 6.07. The van der Waals surface area contributed by atoms with Crippen LogP contribution >= 0.6 is 11.8 Å². The predicted octanol–water partition coefficient (Wildman–Crippen LogP) is 3.11. The Morgan fingerprint density at radius 3 is 2.45 bits per heavy atom. The molecule has 0 amide bonds. The average Bonchev–Trinajstić information content (AvgIpc) is 2.39. The Bertz CT molecular complexity index is 499. The Morgan fingerprint density at radius 1 is 1.30 bits per heavy atom. The molecular formula is C15H20O4S. The third-order valence-corrected chi connectivity index (χ3v) is 4.37. The van der Waals surface area contributed by atoms with Gasteiger partial charge in [0.2, 0.25) is 0 Å². The Labute approximate surface area is 123 Å². The number of benzene rings is 1. The second kappa shape index (κ2) is 7.33. The van der Waals surface area contributed by atoms with E-state index in [1.165, 1.54) is 0 Å². The fraction of sp³-hybridized carbons (Fsp3) is 0.467. The normalized spacial score (nSPS) is 13.6. The van der Waals surface area contributed by atoms with E-state index in [1.807, 2.05) is 32.0 Å². The zero-order valence-corrected chi connectivity index (χ0v) is 13.0. The summed E-state index contributed by atoms with van der Waals surface area (Å²) in [7, 11) is 0. The van der Waals surface area contributed by atoms with Crippen LogP contribution in [-0.2, 0) is 14.3 Å². The molecular weight excluding hydrogens is 276 g/mol. The van der Waals surface area contributed by atoms with E-state index >= 15 is 0 Å². The Hall–Kier alpha value is -1.49. The molecule has 0 spiro atoms. The minimum absolute atomic E-state index is 0.280. The van der Waals surface area contributed by atoms with Crippen LogP contribution in [0.4, 0.5) is 0 Å². The van der Waals surface area contributed by atoms with Gasteiger partial charge >= 0.3 is 11.9 Å². The Balaban J connectivity index is 3.05. The van der Waals surface area contributed by atoms with Gasteiger partial charge < -0.3 is 9.84 Å². The number of hydrogen-bond acceptors (Lipinski definition) is 4. The molecule has 0 saturated heterocycles. The first-order valence-electron chi connectivity index (χ1n) is 6.48. The molecule has 0 aliphatic carbocycles. The number of hydrogen-bond donors (Lipinski definition) is 1. The molecule has 1 aromatic rings. The van der Waals surface area contributed by atoms with Gasteiger partial charge in [-0.05, 0) is 44.4 Å². The van der Waals surface area contributed by atoms with Gasteiger partial charge in [-0.15, -0.1) is 11.8 Å². The van der Waals surface area contributed by atoms with E-state index in [0.717, 1.165) is 28.5 Å². The summed E-state index contributed by atoms with van der Waals surface area (Å²) in [4.78, 5) is 23.1. The molecule has 0 heterocycles. The molecule has 0 aliphatic rings. The van der Waals surface area contributed by atoms with E-state index in [9.17, 15) is 9.59 Å². The van der Waals surface area contributed by atoms with Crippen molar-refractivity contribution in [3.05, 3.63) is 34.9 Å². The third-order valence-electron chi connectivity index (χ3n) is 3.02. The first kappa shape index (κ1) is 16.6. The van der Waals surface area contributed by atoms with Crippen LogP contribution in [0.5, 0.6) is 0 Å². The van der Waals surface area contributed by atoms with Crippen molar-refractivity contribution in [2.75, 3.05) is 6.61 Å². The summed E-state index contributed by atoms with van der Waals surface area (Å²) < 4.78 is 5.06. The van der Waals surface area contributed by atoms with Crippen LogP contribution in [0.25, 0.3) is 0 Å². The standard InChI is InChI=1S/C15H20O4S/c1-5-19-15(18)13(20-11(4)14(16)17)12-7-6-9(2)10(3)8-12/h6-8,11,13H,5H2,1-4H3,(H,16,17). The predicted molar refractivity (Wildman–Crippen MR) is 80.0 cm³/mol. The fourth-order valence-electron chi connectivity index (χ4n) is 1.68. The van der Waals surface area contributed by atoms with Crippen LogP contribution in [0.2, 0.25) is 0 Å². The molecule has 0 bridgehead atoms. The molecule has 20 heavy (non-hydrogen) atoms. The van der Waals surface area contributed by atoms with Crippen LogP contribution in [0.15, 0.2) is 18.2 Å². The molecule has 1 N–H and O–H groups in total. The van der Waals surface area contributed by atoms with E-state index in [2.05, 4.69) is 0 Å². The molecule has 4 nitrogen and oxygen atoms in total. The van der Waals surface area contributed by atoms with Crippen LogP contribution in [0.1, 0.15) is 35.8 Å². The number of carboxylic acid groups (broad SMARTS) is 1. The van der Waals surface area contributed by atoms with Gasteiger partial charge in [-0.3, -0.25) is 9.59 Å². The topological polar surface area (TPSA) is 63.6 Å². The van der Waals surface area contributed by atoms with Gasteiger partial charge in [0.05, 0.1) is 6.61 Å². The van der Waals surface area contributed by atoms with Gasteiger partial charge in [0.15, 0.2) is 0 Å². The largest absolute Gasteiger partial charge is 0.480 e. The smallest absolute Gasteiger partial charge is 0.323 e. The lowest BCUT2D eigenvalue weighted by molar-refractivity contribution is -0.142. The van der Waals surface area contributed by atoms with Crippen molar-refractivity contribution in [3.8, 4) is 0 Å². The van der Waals surface area contributed by atoms with Crippen molar-refractivity contribution in [2.24, 2.45) is 0 Å². The van der Waals surface area contributed by atoms with Gasteiger partial charge in [-0.25, -0.2) is 0 Å². The maximum atomic E-state index is 12.1. The summed E-state index contributed by atoms with van der Waals surface area (Å²) in [6.07, 6.45) is 0. The number of carbonyl (C=O) groups is 2. The summed E-state index contributed by atoms with van der Waals surface area (Å²) in [6, 6.07) is 5.70. The molecule has 110 valence electrons. The molecule has 1 aromatic carbocycles. The number of aryl methyl sites for hydroxylation is 2. The van der Waals surface area contributed by atoms with Crippen molar-refractivity contribution in [3.63, 3.8) is 0 Å². The molecule has 0 saturated carbocycles. The maximum Gasteiger partial charge on any atom is 0.323 e. The monoisotopic (exact) mass is 296 g/mol. The van der Waals surface area contributed by atoms with Crippen molar-refractivity contribution < 1.29 is 19.4 Å². The van der Waals surface area contributed by atoms with Gasteiger partial charge in [0.1, 0.15) is 10.5 Å². The van der Waals surface area contributed by atoms with Crippen LogP contribution < -0.4 is 0 Å². The van der Waals surface area contributed by atoms with E-state index in [0.29, 0.717) is 0 Å². The lowest BCUT2D eigenvalue weighted by Crippen LogP contribution is -2.20. The molecule has 0 radical (unpaired) electrons. The molecule has 0 aromatic heterocycles. The molecule has 2 unspecified atom stereocenters. The third kappa shape index (κ3) is 4.27. The molecule has 0 aliphatic heterocycles. The highest BCUT2D eigenvalue weighted by atomic mass is 32.2. The highest BCUT2D eigenvalue weighted by Crippen LogP contribution is 2.34. The first-order chi connectivity index (χ1) is 9.36. The number of carboxylic acids is 1. The quantitative estimate of drug-likeness (QED) is 0.817. The van der Waals surface area contributed by atoms with E-state index < -0.39 is 22.4 Å². The van der Waals surface area contributed by atoms with Crippen molar-refractivity contribution in [2.45, 2.75) is 38.2 Å². The number of esters is 1. The summed E-state index contributed by atoms with van der Waals surface area (Å²) in [6.45, 7) is 7.54. The van der Waals surface area contributed by atoms with Gasteiger partial charge in [-0.1, -0.05) is 18.2 Å². The zero-order valence-electron chi connectivity index (χ0n) is 12.2. The SMILES string of the molecule is CCOC(=O)C(SC(C)C(=O)O)c1ccc(C)c(C)c1. The maximum absolute atomic E-state index is 12.1. The number of thioether (sulfide) groups is 1. The van der Waals surface area contributed by atoms with Crippen LogP contribution in [0, 0.1) is 13.8 Å². The summed E-state index contributed by atoms with van der Waals surface area (Å²) >= 11 is 1.09. The van der Waals surface area contributed by atoms with Gasteiger partial charge in [-0.2, -0.15) is 0 Å². The summed E-state index contributed by atoms with van der Waals surface area (Å²) in [5, 5.41) is 7.73. The fourth-order valence-corrected chi connectivity index (χ4v) is 2.69. The summed E-state index contributed by atoms with van der Waals surface area (Å²) in [5.41, 5.74) is 2.98. The minimum atomic E-state index is -0.937. The molecule has 1 rings (SSSR count). The van der Waals surface area contributed by atoms with Gasteiger partial charge in [0.25, 0.3) is 0 Å². The number of aliphatic carboxylic acids is 1. The Morgan fingerprint density at radius 2 is 1.95 bits per heavy atom. The number of carbonyl (C=O) groups excluding carboxylic acids is 1. The van der Waals surface area contributed by atoms with E-state index in [4.69, 9.17) is 9.84 Å². The van der Waals surface area contributed by atoms with Gasteiger partial charge in [0, 0.05) is 0 Å². The first-order valence-corrected chi connectivity index (χ1v) is 7.43. The highest BCUT2D eigenvalue weighted by molar-refractivity contribution is 8.01. The molecule has 2 atom stereocenters. The number of rotatable bonds is 6.